The molecule has 1 fully saturated rings. The van der Waals surface area contributed by atoms with Crippen LogP contribution in [0, 0.1) is 0 Å². The van der Waals surface area contributed by atoms with Gasteiger partial charge in [-0.05, 0) is 37.5 Å². The van der Waals surface area contributed by atoms with E-state index in [2.05, 4.69) is 15.9 Å². The molecule has 2 rings (SSSR count). The van der Waals surface area contributed by atoms with Crippen molar-refractivity contribution in [1.29, 1.82) is 0 Å². The largest absolute Gasteiger partial charge is 0.497 e. The number of benzene rings is 1. The van der Waals surface area contributed by atoms with E-state index >= 15 is 0 Å². The minimum atomic E-state index is -0.290. The van der Waals surface area contributed by atoms with Gasteiger partial charge in [0.25, 0.3) is 0 Å². The second-order valence-corrected chi connectivity index (χ2v) is 5.03. The van der Waals surface area contributed by atoms with Crippen molar-refractivity contribution in [3.05, 3.63) is 28.2 Å². The molecule has 1 aliphatic rings. The van der Waals surface area contributed by atoms with Gasteiger partial charge >= 0.3 is 0 Å². The van der Waals surface area contributed by atoms with E-state index < -0.39 is 0 Å². The Kier molecular flexibility index (Phi) is 2.77. The van der Waals surface area contributed by atoms with Gasteiger partial charge in [-0.25, -0.2) is 0 Å². The smallest absolute Gasteiger partial charge is 0.120 e. The Bertz CT molecular complexity index is 370. The van der Waals surface area contributed by atoms with Crippen molar-refractivity contribution >= 4 is 15.9 Å². The summed E-state index contributed by atoms with van der Waals surface area (Å²) in [7, 11) is 1.66. The van der Waals surface area contributed by atoms with Crippen LogP contribution in [0.5, 0.6) is 5.75 Å². The van der Waals surface area contributed by atoms with Gasteiger partial charge in [-0.2, -0.15) is 0 Å². The number of ether oxygens (including phenoxy) is 1. The predicted molar refractivity (Wildman–Crippen MR) is 63.3 cm³/mol. The van der Waals surface area contributed by atoms with Crippen molar-refractivity contribution in [2.45, 2.75) is 31.3 Å². The van der Waals surface area contributed by atoms with Crippen LogP contribution in [0.25, 0.3) is 0 Å². The van der Waals surface area contributed by atoms with Crippen molar-refractivity contribution in [2.75, 3.05) is 7.11 Å². The zero-order chi connectivity index (χ0) is 11.1. The maximum Gasteiger partial charge on any atom is 0.120 e. The summed E-state index contributed by atoms with van der Waals surface area (Å²) in [5.74, 6) is 0.840. The molecule has 1 saturated carbocycles. The number of methoxy groups -OCH3 is 1. The van der Waals surface area contributed by atoms with Crippen LogP contribution >= 0.6 is 15.9 Å². The number of rotatable bonds is 3. The molecule has 1 aliphatic carbocycles. The molecule has 1 N–H and O–H groups in total. The Balaban J connectivity index is 2.37. The summed E-state index contributed by atoms with van der Waals surface area (Å²) in [5.41, 5.74) is 1.17. The molecule has 0 saturated heterocycles. The van der Waals surface area contributed by atoms with Crippen LogP contribution in [0.4, 0.5) is 0 Å². The lowest BCUT2D eigenvalue weighted by Gasteiger charge is -2.20. The number of aliphatic hydroxyl groups is 1. The molecule has 0 aliphatic heterocycles. The molecule has 2 nitrogen and oxygen atoms in total. The van der Waals surface area contributed by atoms with E-state index in [1.807, 2.05) is 25.1 Å². The number of hydrogen-bond donors (Lipinski definition) is 1. The van der Waals surface area contributed by atoms with Crippen molar-refractivity contribution < 1.29 is 9.84 Å². The number of halogens is 1. The number of hydrogen-bond acceptors (Lipinski definition) is 2. The van der Waals surface area contributed by atoms with Crippen molar-refractivity contribution in [3.63, 3.8) is 0 Å². The Hall–Kier alpha value is -0.540. The normalized spacial score (nSPS) is 19.7. The molecule has 3 heteroatoms. The van der Waals surface area contributed by atoms with Crippen LogP contribution in [0.1, 0.15) is 25.3 Å². The zero-order valence-electron chi connectivity index (χ0n) is 8.96. The minimum Gasteiger partial charge on any atom is -0.497 e. The summed E-state index contributed by atoms with van der Waals surface area (Å²) < 4.78 is 6.18. The first-order valence-electron chi connectivity index (χ1n) is 5.12. The Morgan fingerprint density at radius 3 is 2.53 bits per heavy atom. The van der Waals surface area contributed by atoms with E-state index in [1.54, 1.807) is 7.11 Å². The molecule has 1 atom stereocenters. The third kappa shape index (κ3) is 1.79. The molecule has 82 valence electrons. The van der Waals surface area contributed by atoms with Gasteiger partial charge in [0, 0.05) is 9.89 Å². The van der Waals surface area contributed by atoms with Gasteiger partial charge < -0.3 is 9.84 Å². The van der Waals surface area contributed by atoms with E-state index in [9.17, 15) is 5.11 Å². The third-order valence-corrected chi connectivity index (χ3v) is 3.96. The first kappa shape index (κ1) is 11.0. The molecule has 0 radical (unpaired) electrons. The van der Waals surface area contributed by atoms with Crippen molar-refractivity contribution in [1.82, 2.24) is 0 Å². The van der Waals surface area contributed by atoms with Crippen LogP contribution in [0.15, 0.2) is 22.7 Å². The van der Waals surface area contributed by atoms with Gasteiger partial charge in [0.1, 0.15) is 5.75 Å². The summed E-state index contributed by atoms with van der Waals surface area (Å²) in [4.78, 5) is 0. The first-order valence-corrected chi connectivity index (χ1v) is 5.91. The van der Waals surface area contributed by atoms with Crippen LogP contribution in [-0.4, -0.2) is 18.3 Å². The van der Waals surface area contributed by atoms with E-state index in [1.165, 1.54) is 5.56 Å². The van der Waals surface area contributed by atoms with E-state index in [-0.39, 0.29) is 11.5 Å². The average molecular weight is 271 g/mol. The molecule has 1 aromatic carbocycles. The first-order chi connectivity index (χ1) is 7.10. The summed E-state index contributed by atoms with van der Waals surface area (Å²) in [6.45, 7) is 1.86. The van der Waals surface area contributed by atoms with Gasteiger partial charge in [-0.1, -0.05) is 22.0 Å². The Morgan fingerprint density at radius 2 is 2.13 bits per heavy atom. The molecule has 1 unspecified atom stereocenters. The standard InChI is InChI=1S/C12H15BrO2/c1-8(14)12(5-6-12)10-4-3-9(15-2)7-11(10)13/h3-4,7-8,14H,5-6H2,1-2H3. The molecule has 0 aromatic heterocycles. The van der Waals surface area contributed by atoms with Gasteiger partial charge in [0.2, 0.25) is 0 Å². The van der Waals surface area contributed by atoms with E-state index in [0.29, 0.717) is 0 Å². The molecule has 0 spiro atoms. The molecule has 1 aromatic rings. The minimum absolute atomic E-state index is 0.0227. The maximum atomic E-state index is 9.79. The van der Waals surface area contributed by atoms with Crippen molar-refractivity contribution in [3.8, 4) is 5.75 Å². The second-order valence-electron chi connectivity index (χ2n) is 4.18. The van der Waals surface area contributed by atoms with Crippen molar-refractivity contribution in [2.24, 2.45) is 0 Å². The third-order valence-electron chi connectivity index (χ3n) is 3.30. The van der Waals surface area contributed by atoms with E-state index in [0.717, 1.165) is 23.1 Å². The van der Waals surface area contributed by atoms with Crippen LogP contribution in [-0.2, 0) is 5.41 Å². The highest BCUT2D eigenvalue weighted by Gasteiger charge is 2.49. The van der Waals surface area contributed by atoms with Gasteiger partial charge in [0.15, 0.2) is 0 Å². The van der Waals surface area contributed by atoms with Crippen LogP contribution in [0.2, 0.25) is 0 Å². The molecular formula is C12H15BrO2. The highest BCUT2D eigenvalue weighted by Crippen LogP contribution is 2.53. The second kappa shape index (κ2) is 3.80. The van der Waals surface area contributed by atoms with E-state index in [4.69, 9.17) is 4.74 Å². The molecule has 0 heterocycles. The maximum absolute atomic E-state index is 9.79. The fraction of sp³-hybridized carbons (Fsp3) is 0.500. The highest BCUT2D eigenvalue weighted by molar-refractivity contribution is 9.10. The topological polar surface area (TPSA) is 29.5 Å². The van der Waals surface area contributed by atoms with Gasteiger partial charge in [-0.3, -0.25) is 0 Å². The molecule has 0 bridgehead atoms. The molecular weight excluding hydrogens is 256 g/mol. The lowest BCUT2D eigenvalue weighted by molar-refractivity contribution is 0.150. The van der Waals surface area contributed by atoms with Crippen LogP contribution in [0.3, 0.4) is 0 Å². The molecule has 0 amide bonds. The zero-order valence-corrected chi connectivity index (χ0v) is 10.5. The Morgan fingerprint density at radius 1 is 1.47 bits per heavy atom. The summed E-state index contributed by atoms with van der Waals surface area (Å²) >= 11 is 3.54. The number of aliphatic hydroxyl groups excluding tert-OH is 1. The molecule has 15 heavy (non-hydrogen) atoms. The summed E-state index contributed by atoms with van der Waals surface area (Å²) in [5, 5.41) is 9.79. The predicted octanol–water partition coefficient (Wildman–Crippen LogP) is 2.87. The quantitative estimate of drug-likeness (QED) is 0.916. The fourth-order valence-corrected chi connectivity index (χ4v) is 2.83. The summed E-state index contributed by atoms with van der Waals surface area (Å²) in [6, 6.07) is 5.95. The lowest BCUT2D eigenvalue weighted by atomic mass is 9.91. The Labute approximate surface area is 98.4 Å². The lowest BCUT2D eigenvalue weighted by Crippen LogP contribution is -2.22. The van der Waals surface area contributed by atoms with Gasteiger partial charge in [0.05, 0.1) is 13.2 Å². The summed E-state index contributed by atoms with van der Waals surface area (Å²) in [6.07, 6.45) is 1.84. The van der Waals surface area contributed by atoms with Gasteiger partial charge in [-0.15, -0.1) is 0 Å². The SMILES string of the molecule is COc1ccc(C2(C(C)O)CC2)c(Br)c1. The average Bonchev–Trinajstić information content (AvgIpc) is 2.98. The highest BCUT2D eigenvalue weighted by atomic mass is 79.9. The fourth-order valence-electron chi connectivity index (χ4n) is 2.07. The monoisotopic (exact) mass is 270 g/mol. The van der Waals surface area contributed by atoms with Crippen LogP contribution < -0.4 is 4.74 Å².